The van der Waals surface area contributed by atoms with E-state index in [4.69, 9.17) is 19.4 Å². The van der Waals surface area contributed by atoms with E-state index in [9.17, 15) is 31.5 Å². The number of ether oxygens (including phenoxy) is 2. The molecule has 0 heterocycles. The molecule has 200 valence electrons. The van der Waals surface area contributed by atoms with Crippen LogP contribution in [0.25, 0.3) is 0 Å². The number of hydrogen-bond acceptors (Lipinski definition) is 7. The van der Waals surface area contributed by atoms with Gasteiger partial charge in [0.2, 0.25) is 0 Å². The van der Waals surface area contributed by atoms with Gasteiger partial charge in [-0.15, -0.1) is 0 Å². The number of aliphatic carboxylic acids is 1. The number of rotatable bonds is 10. The summed E-state index contributed by atoms with van der Waals surface area (Å²) in [5.74, 6) is -3.21. The van der Waals surface area contributed by atoms with E-state index < -0.39 is 28.1 Å². The van der Waals surface area contributed by atoms with Crippen LogP contribution in [0, 0.1) is 0 Å². The van der Waals surface area contributed by atoms with Crippen LogP contribution in [0.15, 0.2) is 41.3 Å². The average Bonchev–Trinajstić information content (AvgIpc) is 2.81. The lowest BCUT2D eigenvalue weighted by Crippen LogP contribution is -2.21. The minimum absolute atomic E-state index is 0.0242. The first-order chi connectivity index (χ1) is 16.7. The summed E-state index contributed by atoms with van der Waals surface area (Å²) < 4.78 is 69.9. The number of carboxylic acid groups (broad SMARTS) is 2. The smallest absolute Gasteiger partial charge is 0.490 e. The number of anilines is 2. The lowest BCUT2D eigenvalue weighted by molar-refractivity contribution is -0.192. The van der Waals surface area contributed by atoms with Gasteiger partial charge in [0.1, 0.15) is 0 Å². The number of sulfonamides is 1. The monoisotopic (exact) mass is 536 g/mol. The Bertz CT molecular complexity index is 1170. The Morgan fingerprint density at radius 1 is 1.03 bits per heavy atom. The Balaban J connectivity index is 0.000000809. The third kappa shape index (κ3) is 8.52. The van der Waals surface area contributed by atoms with Crippen molar-refractivity contribution in [2.24, 2.45) is 0 Å². The van der Waals surface area contributed by atoms with Gasteiger partial charge in [0.05, 0.1) is 30.4 Å². The third-order valence-electron chi connectivity index (χ3n) is 4.65. The van der Waals surface area contributed by atoms with Crippen LogP contribution >= 0.6 is 0 Å². The summed E-state index contributed by atoms with van der Waals surface area (Å²) >= 11 is 0. The van der Waals surface area contributed by atoms with E-state index >= 15 is 0 Å². The van der Waals surface area contributed by atoms with Gasteiger partial charge in [0, 0.05) is 25.3 Å². The predicted molar refractivity (Wildman–Crippen MR) is 126 cm³/mol. The second-order valence-electron chi connectivity index (χ2n) is 7.24. The fraction of sp³-hybridized carbons (Fsp3) is 0.364. The first-order valence-corrected chi connectivity index (χ1v) is 11.8. The van der Waals surface area contributed by atoms with E-state index in [0.717, 1.165) is 12.8 Å². The first-order valence-electron chi connectivity index (χ1n) is 10.3. The van der Waals surface area contributed by atoms with Crippen molar-refractivity contribution in [1.29, 1.82) is 0 Å². The molecule has 0 atom stereocenters. The van der Waals surface area contributed by atoms with E-state index in [-0.39, 0.29) is 21.9 Å². The van der Waals surface area contributed by atoms with Gasteiger partial charge in [-0.25, -0.2) is 18.0 Å². The van der Waals surface area contributed by atoms with Gasteiger partial charge in [0.15, 0.2) is 11.5 Å². The van der Waals surface area contributed by atoms with Crippen molar-refractivity contribution < 1.29 is 50.9 Å². The van der Waals surface area contributed by atoms with E-state index in [2.05, 4.69) is 11.6 Å². The van der Waals surface area contributed by atoms with Crippen molar-refractivity contribution in [1.82, 2.24) is 0 Å². The zero-order chi connectivity index (χ0) is 27.7. The molecule has 2 aromatic rings. The minimum atomic E-state index is -5.08. The van der Waals surface area contributed by atoms with Gasteiger partial charge in [-0.3, -0.25) is 4.72 Å². The largest absolute Gasteiger partial charge is 0.493 e. The van der Waals surface area contributed by atoms with Gasteiger partial charge in [0.25, 0.3) is 10.0 Å². The Hall–Kier alpha value is -3.68. The van der Waals surface area contributed by atoms with Crippen molar-refractivity contribution in [3.05, 3.63) is 42.0 Å². The number of aromatic carboxylic acids is 1. The second-order valence-corrected chi connectivity index (χ2v) is 8.92. The van der Waals surface area contributed by atoms with Crippen LogP contribution in [0.4, 0.5) is 24.5 Å². The summed E-state index contributed by atoms with van der Waals surface area (Å²) in [6, 6.07) is 8.68. The molecule has 0 aromatic heterocycles. The molecule has 10 nitrogen and oxygen atoms in total. The topological polar surface area (TPSA) is 142 Å². The number of benzene rings is 2. The lowest BCUT2D eigenvalue weighted by Gasteiger charge is -2.21. The molecule has 3 N–H and O–H groups in total. The van der Waals surface area contributed by atoms with Crippen LogP contribution in [0.1, 0.15) is 30.1 Å². The summed E-state index contributed by atoms with van der Waals surface area (Å²) in [5, 5.41) is 16.7. The molecule has 0 amide bonds. The fourth-order valence-electron chi connectivity index (χ4n) is 2.82. The lowest BCUT2D eigenvalue weighted by atomic mass is 10.1. The number of hydrogen-bond donors (Lipinski definition) is 3. The van der Waals surface area contributed by atoms with Crippen LogP contribution in [-0.2, 0) is 14.8 Å². The van der Waals surface area contributed by atoms with Crippen molar-refractivity contribution in [3.8, 4) is 11.5 Å². The van der Waals surface area contributed by atoms with Crippen molar-refractivity contribution in [3.63, 3.8) is 0 Å². The Labute approximate surface area is 206 Å². The van der Waals surface area contributed by atoms with Crippen LogP contribution in [0.5, 0.6) is 11.5 Å². The van der Waals surface area contributed by atoms with Gasteiger partial charge >= 0.3 is 18.1 Å². The molecular formula is C22H27F3N2O8S. The van der Waals surface area contributed by atoms with Gasteiger partial charge in [-0.1, -0.05) is 13.3 Å². The molecule has 0 fully saturated rings. The highest BCUT2D eigenvalue weighted by Crippen LogP contribution is 2.31. The zero-order valence-electron chi connectivity index (χ0n) is 19.9. The molecule has 0 unspecified atom stereocenters. The van der Waals surface area contributed by atoms with Gasteiger partial charge in [-0.2, -0.15) is 13.2 Å². The normalized spacial score (nSPS) is 11.1. The molecule has 0 saturated heterocycles. The summed E-state index contributed by atoms with van der Waals surface area (Å²) in [5.41, 5.74) is 0.709. The SMILES string of the molecule is CCCCN(C)c1ccc(NS(=O)(=O)c2ccc(OC)c(OC)c2)cc1C(=O)O.O=C(O)C(F)(F)F. The maximum absolute atomic E-state index is 12.7. The van der Waals surface area contributed by atoms with E-state index in [1.165, 1.54) is 38.5 Å². The number of methoxy groups -OCH3 is 2. The highest BCUT2D eigenvalue weighted by atomic mass is 32.2. The molecule has 2 rings (SSSR count). The standard InChI is InChI=1S/C20H26N2O6S.C2HF3O2/c1-5-6-11-22(2)17-9-7-14(12-16(17)20(23)24)21-29(25,26)15-8-10-18(27-3)19(13-15)28-4;3-2(4,5)1(6)7/h7-10,12-13,21H,5-6,11H2,1-4H3,(H,23,24);(H,6,7). The second kappa shape index (κ2) is 12.9. The van der Waals surface area contributed by atoms with Crippen LogP contribution in [0.3, 0.4) is 0 Å². The fourth-order valence-corrected chi connectivity index (χ4v) is 3.88. The van der Waals surface area contributed by atoms with Crippen LogP contribution in [0.2, 0.25) is 0 Å². The Kier molecular flexibility index (Phi) is 10.8. The van der Waals surface area contributed by atoms with Gasteiger partial charge < -0.3 is 24.6 Å². The number of halogens is 3. The Morgan fingerprint density at radius 3 is 2.08 bits per heavy atom. The van der Waals surface area contributed by atoms with Crippen LogP contribution in [-0.4, -0.2) is 64.6 Å². The maximum Gasteiger partial charge on any atom is 0.490 e. The molecule has 36 heavy (non-hydrogen) atoms. The quantitative estimate of drug-likeness (QED) is 0.409. The predicted octanol–water partition coefficient (Wildman–Crippen LogP) is 4.07. The molecular weight excluding hydrogens is 509 g/mol. The first kappa shape index (κ1) is 30.4. The molecule has 14 heteroatoms. The summed E-state index contributed by atoms with van der Waals surface area (Å²) in [4.78, 5) is 22.4. The number of carbonyl (C=O) groups is 2. The zero-order valence-corrected chi connectivity index (χ0v) is 20.7. The van der Waals surface area contributed by atoms with E-state index in [0.29, 0.717) is 18.0 Å². The van der Waals surface area contributed by atoms with Gasteiger partial charge in [-0.05, 0) is 36.8 Å². The summed E-state index contributed by atoms with van der Waals surface area (Å²) in [6.07, 6.45) is -3.18. The number of alkyl halides is 3. The number of carboxylic acids is 2. The molecule has 0 aliphatic heterocycles. The third-order valence-corrected chi connectivity index (χ3v) is 6.02. The minimum Gasteiger partial charge on any atom is -0.493 e. The van der Waals surface area contributed by atoms with E-state index in [1.807, 2.05) is 11.9 Å². The molecule has 0 spiro atoms. The van der Waals surface area contributed by atoms with Crippen LogP contribution < -0.4 is 19.1 Å². The molecule has 0 radical (unpaired) electrons. The molecule has 0 saturated carbocycles. The molecule has 0 aliphatic rings. The summed E-state index contributed by atoms with van der Waals surface area (Å²) in [6.45, 7) is 2.76. The van der Waals surface area contributed by atoms with Crippen molar-refractivity contribution in [2.45, 2.75) is 30.8 Å². The number of unbranched alkanes of at least 4 members (excludes halogenated alkanes) is 1. The average molecular weight is 537 g/mol. The highest BCUT2D eigenvalue weighted by Gasteiger charge is 2.38. The highest BCUT2D eigenvalue weighted by molar-refractivity contribution is 7.92. The van der Waals surface area contributed by atoms with E-state index in [1.54, 1.807) is 12.1 Å². The molecule has 0 bridgehead atoms. The number of nitrogens with zero attached hydrogens (tertiary/aromatic N) is 1. The molecule has 2 aromatic carbocycles. The molecule has 0 aliphatic carbocycles. The summed E-state index contributed by atoms with van der Waals surface area (Å²) in [7, 11) is 0.724. The Morgan fingerprint density at radius 2 is 1.61 bits per heavy atom. The number of nitrogens with one attached hydrogen (secondary N) is 1. The van der Waals surface area contributed by atoms with Crippen molar-refractivity contribution >= 4 is 33.3 Å². The maximum atomic E-state index is 12.7. The van der Waals surface area contributed by atoms with Crippen molar-refractivity contribution in [2.75, 3.05) is 37.4 Å².